The van der Waals surface area contributed by atoms with Gasteiger partial charge in [-0.3, -0.25) is 14.4 Å². The predicted octanol–water partition coefficient (Wildman–Crippen LogP) is 2.96. The summed E-state index contributed by atoms with van der Waals surface area (Å²) < 4.78 is 29.8. The van der Waals surface area contributed by atoms with Crippen LogP contribution < -0.4 is 16.0 Å². The molecular formula is C28H37FN4O6. The quantitative estimate of drug-likeness (QED) is 0.190. The molecule has 0 spiro atoms. The summed E-state index contributed by atoms with van der Waals surface area (Å²) in [6.07, 6.45) is 2.81. The second kappa shape index (κ2) is 15.2. The van der Waals surface area contributed by atoms with Crippen molar-refractivity contribution < 1.29 is 33.0 Å². The Kier molecular flexibility index (Phi) is 11.7. The number of amides is 3. The number of fused-ring (bicyclic) bond motifs is 1. The van der Waals surface area contributed by atoms with Crippen molar-refractivity contribution in [1.29, 1.82) is 0 Å². The number of aromatic amines is 1. The number of aromatic nitrogens is 1. The largest absolute Gasteiger partial charge is 0.379 e. The summed E-state index contributed by atoms with van der Waals surface area (Å²) in [5.74, 6) is -1.25. The number of hydrogen-bond acceptors (Lipinski definition) is 6. The Bertz CT molecular complexity index is 1190. The van der Waals surface area contributed by atoms with E-state index in [0.29, 0.717) is 65.8 Å². The zero-order valence-corrected chi connectivity index (χ0v) is 22.7. The molecule has 0 saturated carbocycles. The van der Waals surface area contributed by atoms with E-state index in [2.05, 4.69) is 20.9 Å². The average molecular weight is 545 g/mol. The highest BCUT2D eigenvalue weighted by Crippen LogP contribution is 2.34. The van der Waals surface area contributed by atoms with Gasteiger partial charge in [0.1, 0.15) is 5.82 Å². The molecule has 0 bridgehead atoms. The normalized spacial score (nSPS) is 13.4. The number of rotatable bonds is 16. The number of benzene rings is 1. The summed E-state index contributed by atoms with van der Waals surface area (Å²) in [6.45, 7) is 9.03. The van der Waals surface area contributed by atoms with Gasteiger partial charge in [0.25, 0.3) is 11.8 Å². The maximum absolute atomic E-state index is 13.7. The van der Waals surface area contributed by atoms with Gasteiger partial charge in [0.2, 0.25) is 5.91 Å². The molecule has 3 rings (SSSR count). The van der Waals surface area contributed by atoms with Crippen molar-refractivity contribution in [2.45, 2.75) is 33.6 Å². The molecule has 0 atom stereocenters. The predicted molar refractivity (Wildman–Crippen MR) is 146 cm³/mol. The molecule has 3 amide bonds. The van der Waals surface area contributed by atoms with Crippen LogP contribution in [-0.4, -0.2) is 75.4 Å². The lowest BCUT2D eigenvalue weighted by molar-refractivity contribution is -0.122. The minimum absolute atomic E-state index is 0.174. The molecule has 0 saturated heterocycles. The van der Waals surface area contributed by atoms with Gasteiger partial charge in [-0.15, -0.1) is 0 Å². The van der Waals surface area contributed by atoms with Gasteiger partial charge in [-0.25, -0.2) is 4.39 Å². The second-order valence-corrected chi connectivity index (χ2v) is 9.06. The van der Waals surface area contributed by atoms with Crippen molar-refractivity contribution in [3.63, 3.8) is 0 Å². The first kappa shape index (κ1) is 30.0. The lowest BCUT2D eigenvalue weighted by atomic mass is 10.0. The molecule has 39 heavy (non-hydrogen) atoms. The molecule has 1 aromatic carbocycles. The van der Waals surface area contributed by atoms with Crippen molar-refractivity contribution >= 4 is 35.1 Å². The summed E-state index contributed by atoms with van der Waals surface area (Å²) in [4.78, 5) is 40.4. The van der Waals surface area contributed by atoms with Crippen molar-refractivity contribution in [2.24, 2.45) is 0 Å². The molecule has 212 valence electrons. The van der Waals surface area contributed by atoms with Crippen LogP contribution in [0.5, 0.6) is 0 Å². The highest BCUT2D eigenvalue weighted by molar-refractivity contribution is 6.34. The van der Waals surface area contributed by atoms with Gasteiger partial charge in [-0.2, -0.15) is 0 Å². The maximum Gasteiger partial charge on any atom is 0.256 e. The summed E-state index contributed by atoms with van der Waals surface area (Å²) in [5, 5.41) is 8.26. The molecule has 1 aromatic heterocycles. The molecule has 2 heterocycles. The van der Waals surface area contributed by atoms with Gasteiger partial charge in [-0.1, -0.05) is 6.92 Å². The third-order valence-corrected chi connectivity index (χ3v) is 6.06. The smallest absolute Gasteiger partial charge is 0.256 e. The molecule has 1 aliphatic rings. The Morgan fingerprint density at radius 3 is 2.36 bits per heavy atom. The average Bonchev–Trinajstić information content (AvgIpc) is 3.36. The Morgan fingerprint density at radius 2 is 1.64 bits per heavy atom. The number of carbonyl (C=O) groups is 3. The number of anilines is 1. The molecule has 10 nitrogen and oxygen atoms in total. The van der Waals surface area contributed by atoms with E-state index < -0.39 is 5.82 Å². The van der Waals surface area contributed by atoms with E-state index in [9.17, 15) is 18.8 Å². The third-order valence-electron chi connectivity index (χ3n) is 6.06. The SMILES string of the molecule is CCCOCCOCCOCCC(=O)NCCNC(=O)c1c(C)[nH]c(/C=C2\C(=O)Nc3ccc(F)cc32)c1C. The third kappa shape index (κ3) is 8.74. The van der Waals surface area contributed by atoms with E-state index in [0.717, 1.165) is 13.0 Å². The van der Waals surface area contributed by atoms with Crippen LogP contribution in [0.2, 0.25) is 0 Å². The van der Waals surface area contributed by atoms with Crippen LogP contribution in [0, 0.1) is 19.7 Å². The van der Waals surface area contributed by atoms with Gasteiger partial charge >= 0.3 is 0 Å². The fraction of sp³-hybridized carbons (Fsp3) is 0.464. The fourth-order valence-corrected chi connectivity index (χ4v) is 4.11. The second-order valence-electron chi connectivity index (χ2n) is 9.06. The van der Waals surface area contributed by atoms with Crippen LogP contribution in [0.3, 0.4) is 0 Å². The zero-order chi connectivity index (χ0) is 28.2. The van der Waals surface area contributed by atoms with Crippen LogP contribution in [-0.2, 0) is 23.8 Å². The topological polar surface area (TPSA) is 131 Å². The maximum atomic E-state index is 13.7. The summed E-state index contributed by atoms with van der Waals surface area (Å²) in [7, 11) is 0. The Hall–Kier alpha value is -3.54. The van der Waals surface area contributed by atoms with Crippen molar-refractivity contribution in [1.82, 2.24) is 15.6 Å². The van der Waals surface area contributed by atoms with E-state index in [1.807, 2.05) is 6.92 Å². The molecule has 4 N–H and O–H groups in total. The van der Waals surface area contributed by atoms with E-state index in [1.54, 1.807) is 19.9 Å². The van der Waals surface area contributed by atoms with E-state index >= 15 is 0 Å². The molecule has 0 fully saturated rings. The molecule has 0 aliphatic carbocycles. The van der Waals surface area contributed by atoms with Gasteiger partial charge in [-0.05, 0) is 50.1 Å². The number of H-pyrrole nitrogens is 1. The zero-order valence-electron chi connectivity index (χ0n) is 22.7. The number of aryl methyl sites for hydroxylation is 1. The highest BCUT2D eigenvalue weighted by atomic mass is 19.1. The number of halogens is 1. The van der Waals surface area contributed by atoms with Gasteiger partial charge in [0.05, 0.1) is 44.2 Å². The molecule has 11 heteroatoms. The molecule has 2 aromatic rings. The lowest BCUT2D eigenvalue weighted by Gasteiger charge is -2.09. The van der Waals surface area contributed by atoms with Gasteiger partial charge < -0.3 is 35.1 Å². The first-order valence-corrected chi connectivity index (χ1v) is 13.1. The number of ether oxygens (including phenoxy) is 3. The van der Waals surface area contributed by atoms with E-state index in [-0.39, 0.29) is 43.8 Å². The van der Waals surface area contributed by atoms with Gasteiger partial charge in [0.15, 0.2) is 0 Å². The molecular weight excluding hydrogens is 507 g/mol. The summed E-state index contributed by atoms with van der Waals surface area (Å²) in [5.41, 5.74) is 3.67. The first-order chi connectivity index (χ1) is 18.8. The Labute approximate surface area is 227 Å². The summed E-state index contributed by atoms with van der Waals surface area (Å²) in [6, 6.07) is 4.11. The number of hydrogen-bond donors (Lipinski definition) is 4. The van der Waals surface area contributed by atoms with E-state index in [1.165, 1.54) is 18.2 Å². The molecule has 0 radical (unpaired) electrons. The van der Waals surface area contributed by atoms with Crippen LogP contribution in [0.15, 0.2) is 18.2 Å². The Morgan fingerprint density at radius 1 is 0.974 bits per heavy atom. The standard InChI is InChI=1S/C28H37FN4O6/c1-4-10-37-12-14-39-15-13-38-11-7-25(34)30-8-9-31-28(36)26-18(2)24(32-19(26)3)17-22-21-16-20(29)5-6-23(21)33-27(22)35/h5-6,16-17,32H,4,7-15H2,1-3H3,(H,30,34)(H,31,36)(H,33,35)/b22-17-. The van der Waals surface area contributed by atoms with Crippen LogP contribution in [0.4, 0.5) is 10.1 Å². The fourth-order valence-electron chi connectivity index (χ4n) is 4.11. The molecule has 0 unspecified atom stereocenters. The van der Waals surface area contributed by atoms with Crippen LogP contribution >= 0.6 is 0 Å². The lowest BCUT2D eigenvalue weighted by Crippen LogP contribution is -2.35. The number of nitrogens with one attached hydrogen (secondary N) is 4. The van der Waals surface area contributed by atoms with Crippen LogP contribution in [0.25, 0.3) is 11.6 Å². The van der Waals surface area contributed by atoms with Crippen molar-refractivity contribution in [2.75, 3.05) is 58.0 Å². The van der Waals surface area contributed by atoms with Crippen LogP contribution in [0.1, 0.15) is 52.6 Å². The van der Waals surface area contributed by atoms with Gasteiger partial charge in [0, 0.05) is 48.8 Å². The Balaban J connectivity index is 1.39. The number of carbonyl (C=O) groups excluding carboxylic acids is 3. The highest BCUT2D eigenvalue weighted by Gasteiger charge is 2.26. The monoisotopic (exact) mass is 544 g/mol. The van der Waals surface area contributed by atoms with Crippen molar-refractivity contribution in [3.8, 4) is 0 Å². The minimum Gasteiger partial charge on any atom is -0.379 e. The minimum atomic E-state index is -0.441. The molecule has 1 aliphatic heterocycles. The van der Waals surface area contributed by atoms with Crippen molar-refractivity contribution in [3.05, 3.63) is 52.1 Å². The summed E-state index contributed by atoms with van der Waals surface area (Å²) >= 11 is 0. The first-order valence-electron chi connectivity index (χ1n) is 13.1. The van der Waals surface area contributed by atoms with E-state index in [4.69, 9.17) is 14.2 Å².